The van der Waals surface area contributed by atoms with Gasteiger partial charge in [0.1, 0.15) is 11.3 Å². The fourth-order valence-corrected chi connectivity index (χ4v) is 3.45. The number of nitrogens with zero attached hydrogens (tertiary/aromatic N) is 1. The number of amides is 1. The van der Waals surface area contributed by atoms with Gasteiger partial charge in [-0.25, -0.2) is 0 Å². The van der Waals surface area contributed by atoms with Crippen LogP contribution < -0.4 is 5.32 Å². The van der Waals surface area contributed by atoms with Crippen molar-refractivity contribution in [1.82, 2.24) is 10.3 Å². The van der Waals surface area contributed by atoms with Crippen LogP contribution in [0.3, 0.4) is 0 Å². The number of phenols is 1. The lowest BCUT2D eigenvalue weighted by molar-refractivity contribution is -0.123. The first kappa shape index (κ1) is 17.7. The SMILES string of the molecule is CC(C)C1CC(CC(=O)NCc2ccc(O)c3ncccc23)CCO1. The van der Waals surface area contributed by atoms with Crippen LogP contribution in [0, 0.1) is 11.8 Å². The lowest BCUT2D eigenvalue weighted by Gasteiger charge is -2.31. The third-order valence-electron chi connectivity index (χ3n) is 4.96. The molecule has 1 aliphatic rings. The van der Waals surface area contributed by atoms with Crippen LogP contribution in [-0.2, 0) is 16.1 Å². The van der Waals surface area contributed by atoms with E-state index in [2.05, 4.69) is 24.1 Å². The average Bonchev–Trinajstić information content (AvgIpc) is 2.61. The van der Waals surface area contributed by atoms with Crippen molar-refractivity contribution in [3.63, 3.8) is 0 Å². The van der Waals surface area contributed by atoms with Crippen molar-refractivity contribution in [3.8, 4) is 5.75 Å². The first-order chi connectivity index (χ1) is 12.0. The van der Waals surface area contributed by atoms with Crippen LogP contribution in [0.2, 0.25) is 0 Å². The number of aromatic hydroxyl groups is 1. The van der Waals surface area contributed by atoms with Crippen molar-refractivity contribution >= 4 is 16.8 Å². The van der Waals surface area contributed by atoms with E-state index < -0.39 is 0 Å². The van der Waals surface area contributed by atoms with E-state index >= 15 is 0 Å². The number of rotatable bonds is 5. The second kappa shape index (κ2) is 7.83. The predicted octanol–water partition coefficient (Wildman–Crippen LogP) is 3.40. The quantitative estimate of drug-likeness (QED) is 0.873. The lowest BCUT2D eigenvalue weighted by atomic mass is 9.88. The molecular formula is C20H26N2O3. The van der Waals surface area contributed by atoms with Gasteiger partial charge in [0.25, 0.3) is 0 Å². The number of carbonyl (C=O) groups is 1. The molecule has 0 saturated carbocycles. The summed E-state index contributed by atoms with van der Waals surface area (Å²) in [6.07, 6.45) is 4.36. The Kier molecular flexibility index (Phi) is 5.53. The zero-order valence-electron chi connectivity index (χ0n) is 14.9. The van der Waals surface area contributed by atoms with Gasteiger partial charge in [0.05, 0.1) is 6.10 Å². The number of benzene rings is 1. The number of pyridine rings is 1. The van der Waals surface area contributed by atoms with E-state index in [4.69, 9.17) is 4.74 Å². The summed E-state index contributed by atoms with van der Waals surface area (Å²) in [6.45, 7) is 5.52. The molecule has 1 fully saturated rings. The summed E-state index contributed by atoms with van der Waals surface area (Å²) in [6, 6.07) is 7.21. The highest BCUT2D eigenvalue weighted by Crippen LogP contribution is 2.28. The molecule has 2 atom stereocenters. The molecular weight excluding hydrogens is 316 g/mol. The zero-order chi connectivity index (χ0) is 17.8. The molecule has 0 radical (unpaired) electrons. The molecule has 2 aromatic rings. The second-order valence-electron chi connectivity index (χ2n) is 7.17. The van der Waals surface area contributed by atoms with Gasteiger partial charge >= 0.3 is 0 Å². The summed E-state index contributed by atoms with van der Waals surface area (Å²) in [5.41, 5.74) is 1.53. The van der Waals surface area contributed by atoms with Gasteiger partial charge in [0.15, 0.2) is 0 Å². The Morgan fingerprint density at radius 2 is 2.24 bits per heavy atom. The van der Waals surface area contributed by atoms with Crippen molar-refractivity contribution in [2.45, 2.75) is 45.8 Å². The average molecular weight is 342 g/mol. The number of hydrogen-bond acceptors (Lipinski definition) is 4. The highest BCUT2D eigenvalue weighted by molar-refractivity contribution is 5.87. The van der Waals surface area contributed by atoms with Crippen molar-refractivity contribution in [2.75, 3.05) is 6.61 Å². The lowest BCUT2D eigenvalue weighted by Crippen LogP contribution is -2.33. The minimum absolute atomic E-state index is 0.0690. The summed E-state index contributed by atoms with van der Waals surface area (Å²) in [5, 5.41) is 13.8. The van der Waals surface area contributed by atoms with Crippen molar-refractivity contribution in [1.29, 1.82) is 0 Å². The second-order valence-corrected chi connectivity index (χ2v) is 7.17. The maximum Gasteiger partial charge on any atom is 0.220 e. The third kappa shape index (κ3) is 4.28. The molecule has 1 aliphatic heterocycles. The summed E-state index contributed by atoms with van der Waals surface area (Å²) in [4.78, 5) is 16.6. The van der Waals surface area contributed by atoms with Crippen LogP contribution in [0.1, 0.15) is 38.7 Å². The standard InChI is InChI=1S/C20H26N2O3/c1-13(2)18-10-14(7-9-25-18)11-19(24)22-12-15-5-6-17(23)20-16(15)4-3-8-21-20/h3-6,8,13-14,18,23H,7,9-12H2,1-2H3,(H,22,24). The van der Waals surface area contributed by atoms with Gasteiger partial charge in [-0.1, -0.05) is 26.0 Å². The van der Waals surface area contributed by atoms with E-state index in [9.17, 15) is 9.90 Å². The minimum Gasteiger partial charge on any atom is -0.506 e. The summed E-state index contributed by atoms with van der Waals surface area (Å²) in [7, 11) is 0. The molecule has 0 bridgehead atoms. The molecule has 1 amide bonds. The van der Waals surface area contributed by atoms with Crippen LogP contribution in [0.25, 0.3) is 10.9 Å². The van der Waals surface area contributed by atoms with Crippen LogP contribution in [0.5, 0.6) is 5.75 Å². The molecule has 0 aliphatic carbocycles. The number of aromatic nitrogens is 1. The van der Waals surface area contributed by atoms with Crippen LogP contribution >= 0.6 is 0 Å². The van der Waals surface area contributed by atoms with Crippen molar-refractivity contribution in [2.24, 2.45) is 11.8 Å². The zero-order valence-corrected chi connectivity index (χ0v) is 14.9. The monoisotopic (exact) mass is 342 g/mol. The van der Waals surface area contributed by atoms with Gasteiger partial charge in [-0.2, -0.15) is 0 Å². The van der Waals surface area contributed by atoms with Crippen LogP contribution in [-0.4, -0.2) is 28.7 Å². The highest BCUT2D eigenvalue weighted by Gasteiger charge is 2.26. The molecule has 134 valence electrons. The Bertz CT molecular complexity index is 745. The first-order valence-electron chi connectivity index (χ1n) is 8.98. The van der Waals surface area contributed by atoms with Crippen molar-refractivity contribution in [3.05, 3.63) is 36.0 Å². The number of fused-ring (bicyclic) bond motifs is 1. The number of nitrogens with one attached hydrogen (secondary N) is 1. The van der Waals surface area contributed by atoms with E-state index in [1.807, 2.05) is 18.2 Å². The van der Waals surface area contributed by atoms with Gasteiger partial charge in [-0.3, -0.25) is 9.78 Å². The maximum absolute atomic E-state index is 12.3. The summed E-state index contributed by atoms with van der Waals surface area (Å²) >= 11 is 0. The molecule has 1 aromatic carbocycles. The van der Waals surface area contributed by atoms with Gasteiger partial charge < -0.3 is 15.2 Å². The smallest absolute Gasteiger partial charge is 0.220 e. The molecule has 0 spiro atoms. The van der Waals surface area contributed by atoms with E-state index in [0.29, 0.717) is 30.3 Å². The van der Waals surface area contributed by atoms with E-state index in [0.717, 1.165) is 30.4 Å². The summed E-state index contributed by atoms with van der Waals surface area (Å²) in [5.74, 6) is 1.10. The number of carbonyl (C=O) groups excluding carboxylic acids is 1. The third-order valence-corrected chi connectivity index (χ3v) is 4.96. The molecule has 2 N–H and O–H groups in total. The Morgan fingerprint density at radius 3 is 3.04 bits per heavy atom. The predicted molar refractivity (Wildman–Crippen MR) is 97.2 cm³/mol. The Balaban J connectivity index is 1.59. The molecule has 3 rings (SSSR count). The molecule has 2 heterocycles. The molecule has 1 aromatic heterocycles. The van der Waals surface area contributed by atoms with E-state index in [1.54, 1.807) is 12.3 Å². The van der Waals surface area contributed by atoms with Crippen LogP contribution in [0.15, 0.2) is 30.5 Å². The molecule has 5 heteroatoms. The molecule has 25 heavy (non-hydrogen) atoms. The normalized spacial score (nSPS) is 20.8. The molecule has 5 nitrogen and oxygen atoms in total. The fraction of sp³-hybridized carbons (Fsp3) is 0.500. The number of ether oxygens (including phenoxy) is 1. The first-order valence-corrected chi connectivity index (χ1v) is 8.98. The number of hydrogen-bond donors (Lipinski definition) is 2. The van der Waals surface area contributed by atoms with E-state index in [1.165, 1.54) is 0 Å². The summed E-state index contributed by atoms with van der Waals surface area (Å²) < 4.78 is 5.78. The van der Waals surface area contributed by atoms with Gasteiger partial charge in [-0.15, -0.1) is 0 Å². The largest absolute Gasteiger partial charge is 0.506 e. The minimum atomic E-state index is 0.0690. The Hall–Kier alpha value is -2.14. The Morgan fingerprint density at radius 1 is 1.40 bits per heavy atom. The highest BCUT2D eigenvalue weighted by atomic mass is 16.5. The Labute approximate surface area is 148 Å². The number of phenolic OH excluding ortho intramolecular Hbond substituents is 1. The van der Waals surface area contributed by atoms with Crippen LogP contribution in [0.4, 0.5) is 0 Å². The maximum atomic E-state index is 12.3. The topological polar surface area (TPSA) is 71.5 Å². The van der Waals surface area contributed by atoms with Gasteiger partial charge in [0.2, 0.25) is 5.91 Å². The van der Waals surface area contributed by atoms with Crippen molar-refractivity contribution < 1.29 is 14.6 Å². The van der Waals surface area contributed by atoms with E-state index in [-0.39, 0.29) is 17.8 Å². The van der Waals surface area contributed by atoms with Gasteiger partial charge in [-0.05, 0) is 42.4 Å². The fourth-order valence-electron chi connectivity index (χ4n) is 3.45. The van der Waals surface area contributed by atoms with Gasteiger partial charge in [0, 0.05) is 31.2 Å². The molecule has 1 saturated heterocycles. The molecule has 2 unspecified atom stereocenters.